The minimum Gasteiger partial charge on any atom is -0.463 e. The second kappa shape index (κ2) is 16.0. The third-order valence-electron chi connectivity index (χ3n) is 9.45. The van der Waals surface area contributed by atoms with Crippen molar-refractivity contribution in [3.8, 4) is 55.2 Å². The molecule has 4 N–H and O–H groups in total. The first-order valence-electron chi connectivity index (χ1n) is 18.6. The third kappa shape index (κ3) is 7.73. The van der Waals surface area contributed by atoms with Crippen molar-refractivity contribution in [3.05, 3.63) is 157 Å². The predicted octanol–water partition coefficient (Wildman–Crippen LogP) is 12.7. The van der Waals surface area contributed by atoms with Gasteiger partial charge < -0.3 is 30.1 Å². The molecule has 11 nitrogen and oxygen atoms in total. The molecule has 0 aliphatic carbocycles. The molecule has 4 aromatic carbocycles. The molecular formula is C46H30N8O3S3. The van der Waals surface area contributed by atoms with E-state index in [0.717, 1.165) is 49.2 Å². The van der Waals surface area contributed by atoms with Crippen LogP contribution in [0.1, 0.15) is 0 Å². The summed E-state index contributed by atoms with van der Waals surface area (Å²) in [6.07, 6.45) is 3.22. The number of hydrogen-bond acceptors (Lipinski definition) is 10. The van der Waals surface area contributed by atoms with Gasteiger partial charge in [0.1, 0.15) is 22.8 Å². The largest absolute Gasteiger partial charge is 0.463 e. The molecule has 6 aromatic heterocycles. The van der Waals surface area contributed by atoms with Gasteiger partial charge in [-0.2, -0.15) is 0 Å². The second-order valence-corrected chi connectivity index (χ2v) is 15.7. The molecular weight excluding hydrogens is 809 g/mol. The third-order valence-corrected chi connectivity index (χ3v) is 11.5. The molecule has 60 heavy (non-hydrogen) atoms. The number of furan rings is 2. The van der Waals surface area contributed by atoms with E-state index in [4.69, 9.17) is 41.0 Å². The van der Waals surface area contributed by atoms with Gasteiger partial charge in [0.2, 0.25) is 0 Å². The van der Waals surface area contributed by atoms with Gasteiger partial charge in [-0.1, -0.05) is 36.4 Å². The van der Waals surface area contributed by atoms with E-state index >= 15 is 0 Å². The van der Waals surface area contributed by atoms with Crippen molar-refractivity contribution < 1.29 is 13.6 Å². The van der Waals surface area contributed by atoms with Crippen molar-refractivity contribution in [2.45, 2.75) is 0 Å². The lowest BCUT2D eigenvalue weighted by Crippen LogP contribution is -2.19. The fourth-order valence-electron chi connectivity index (χ4n) is 6.66. The van der Waals surface area contributed by atoms with Crippen LogP contribution in [0.15, 0.2) is 166 Å². The number of rotatable bonds is 9. The molecule has 0 spiro atoms. The van der Waals surface area contributed by atoms with E-state index in [1.54, 1.807) is 35.2 Å². The van der Waals surface area contributed by atoms with E-state index < -0.39 is 0 Å². The van der Waals surface area contributed by atoms with Crippen LogP contribution in [0.3, 0.4) is 0 Å². The summed E-state index contributed by atoms with van der Waals surface area (Å²) in [5, 5.41) is 16.9. The maximum Gasteiger partial charge on any atom is 0.323 e. The van der Waals surface area contributed by atoms with Gasteiger partial charge in [-0.25, -0.2) is 24.7 Å². The summed E-state index contributed by atoms with van der Waals surface area (Å²) in [7, 11) is 0. The lowest BCUT2D eigenvalue weighted by molar-refractivity contribution is 0.262. The Kier molecular flexibility index (Phi) is 9.83. The SMILES string of the molecule is O=C(Nc1ccccc1)Nc1ccc2nc(-c3cc(-c4ccc(NC(=S)Nc5ccc6nc(-c7ccco7)c(-c7ccco7)nc6c5)cc4)cs3)c(-c3cccs3)nc2c1. The molecule has 0 saturated carbocycles. The van der Waals surface area contributed by atoms with E-state index in [9.17, 15) is 4.79 Å². The lowest BCUT2D eigenvalue weighted by Gasteiger charge is -2.12. The van der Waals surface area contributed by atoms with Crippen LogP contribution in [-0.2, 0) is 0 Å². The number of amides is 2. The van der Waals surface area contributed by atoms with Crippen molar-refractivity contribution in [1.82, 2.24) is 19.9 Å². The summed E-state index contributed by atoms with van der Waals surface area (Å²) in [6.45, 7) is 0. The fourth-order valence-corrected chi connectivity index (χ4v) is 8.51. The minimum absolute atomic E-state index is 0.336. The Balaban J connectivity index is 0.845. The first-order valence-corrected chi connectivity index (χ1v) is 20.8. The summed E-state index contributed by atoms with van der Waals surface area (Å²) in [6, 6.07) is 41.9. The number of carbonyl (C=O) groups is 1. The highest BCUT2D eigenvalue weighted by Gasteiger charge is 2.19. The molecule has 0 bridgehead atoms. The average Bonchev–Trinajstić information content (AvgIpc) is 4.12. The Bertz CT molecular complexity index is 3130. The van der Waals surface area contributed by atoms with Gasteiger partial charge >= 0.3 is 6.03 Å². The second-order valence-electron chi connectivity index (χ2n) is 13.5. The van der Waals surface area contributed by atoms with Crippen LogP contribution in [-0.4, -0.2) is 31.1 Å². The van der Waals surface area contributed by atoms with Crippen LogP contribution in [0.4, 0.5) is 27.5 Å². The average molecular weight is 839 g/mol. The van der Waals surface area contributed by atoms with E-state index in [2.05, 4.69) is 44.8 Å². The van der Waals surface area contributed by atoms with Crippen molar-refractivity contribution >= 4 is 90.9 Å². The standard InChI is InChI=1S/C46H30N8O3S3/c55-45(47-29-7-2-1-3-8-29)48-31-16-18-34-36(24-31)54-43(39-11-6-22-59-39)44(52-34)40-23-28(26-60-40)27-12-14-30(15-13-27)49-46(58)50-32-17-19-33-35(25-32)53-42(38-10-5-21-57-38)41(51-33)37-9-4-20-56-37/h1-26H,(H2,47,48,55)(H2,49,50,58). The van der Waals surface area contributed by atoms with Crippen LogP contribution in [0.5, 0.6) is 0 Å². The van der Waals surface area contributed by atoms with Crippen LogP contribution in [0, 0.1) is 0 Å². The van der Waals surface area contributed by atoms with Crippen molar-refractivity contribution in [1.29, 1.82) is 0 Å². The first-order chi connectivity index (χ1) is 29.5. The number of nitrogens with one attached hydrogen (secondary N) is 4. The number of carbonyl (C=O) groups excluding carboxylic acids is 1. The predicted molar refractivity (Wildman–Crippen MR) is 245 cm³/mol. The molecule has 0 fully saturated rings. The monoisotopic (exact) mass is 838 g/mol. The van der Waals surface area contributed by atoms with E-state index in [0.29, 0.717) is 55.9 Å². The van der Waals surface area contributed by atoms with Crippen LogP contribution in [0.2, 0.25) is 0 Å². The van der Waals surface area contributed by atoms with Gasteiger partial charge in [-0.3, -0.25) is 0 Å². The zero-order valence-electron chi connectivity index (χ0n) is 31.2. The Morgan fingerprint density at radius 3 is 1.70 bits per heavy atom. The van der Waals surface area contributed by atoms with Gasteiger partial charge in [0.25, 0.3) is 0 Å². The Morgan fingerprint density at radius 2 is 1.05 bits per heavy atom. The number of benzene rings is 4. The molecule has 0 unspecified atom stereocenters. The summed E-state index contributed by atoms with van der Waals surface area (Å²) in [5.41, 5.74) is 10.6. The fraction of sp³-hybridized carbons (Fsp3) is 0. The number of thiocarbonyl (C=S) groups is 1. The van der Waals surface area contributed by atoms with E-state index in [1.165, 1.54) is 0 Å². The molecule has 2 amide bonds. The zero-order valence-corrected chi connectivity index (χ0v) is 33.7. The Morgan fingerprint density at radius 1 is 0.483 bits per heavy atom. The minimum atomic E-state index is -0.336. The molecule has 290 valence electrons. The molecule has 0 aliphatic heterocycles. The van der Waals surface area contributed by atoms with Crippen LogP contribution >= 0.6 is 34.9 Å². The summed E-state index contributed by atoms with van der Waals surface area (Å²) < 4.78 is 11.3. The van der Waals surface area contributed by atoms with Crippen LogP contribution < -0.4 is 21.3 Å². The van der Waals surface area contributed by atoms with Gasteiger partial charge in [-0.05, 0) is 131 Å². The number of anilines is 4. The molecule has 0 saturated heterocycles. The number of thiophene rings is 2. The number of urea groups is 1. The molecule has 0 atom stereocenters. The number of hydrogen-bond donors (Lipinski definition) is 4. The zero-order chi connectivity index (χ0) is 40.4. The number of aromatic nitrogens is 4. The number of para-hydroxylation sites is 1. The molecule has 10 aromatic rings. The van der Waals surface area contributed by atoms with E-state index in [1.807, 2.05) is 121 Å². The smallest absolute Gasteiger partial charge is 0.323 e. The highest BCUT2D eigenvalue weighted by molar-refractivity contribution is 7.80. The molecule has 14 heteroatoms. The van der Waals surface area contributed by atoms with Gasteiger partial charge in [0.05, 0.1) is 44.3 Å². The van der Waals surface area contributed by atoms with Gasteiger partial charge in [-0.15, -0.1) is 22.7 Å². The van der Waals surface area contributed by atoms with Crippen molar-refractivity contribution in [3.63, 3.8) is 0 Å². The molecule has 0 aliphatic rings. The Hall–Kier alpha value is -7.52. The van der Waals surface area contributed by atoms with Crippen molar-refractivity contribution in [2.75, 3.05) is 21.3 Å². The normalized spacial score (nSPS) is 11.1. The Labute approximate surface area is 355 Å². The molecule has 0 radical (unpaired) electrons. The van der Waals surface area contributed by atoms with Crippen molar-refractivity contribution in [2.24, 2.45) is 0 Å². The van der Waals surface area contributed by atoms with Gasteiger partial charge in [0.15, 0.2) is 16.6 Å². The topological polar surface area (TPSA) is 143 Å². The number of fused-ring (bicyclic) bond motifs is 2. The van der Waals surface area contributed by atoms with E-state index in [-0.39, 0.29) is 6.03 Å². The summed E-state index contributed by atoms with van der Waals surface area (Å²) in [5.74, 6) is 1.20. The highest BCUT2D eigenvalue weighted by atomic mass is 32.1. The maximum atomic E-state index is 12.7. The van der Waals surface area contributed by atoms with Gasteiger partial charge in [0, 0.05) is 22.7 Å². The molecule has 10 rings (SSSR count). The summed E-state index contributed by atoms with van der Waals surface area (Å²) in [4.78, 5) is 34.6. The summed E-state index contributed by atoms with van der Waals surface area (Å²) >= 11 is 8.93. The first kappa shape index (κ1) is 36.8. The lowest BCUT2D eigenvalue weighted by atomic mass is 10.1. The molecule has 6 heterocycles. The highest BCUT2D eigenvalue weighted by Crippen LogP contribution is 2.39. The number of nitrogens with zero attached hydrogens (tertiary/aromatic N) is 4. The van der Waals surface area contributed by atoms with Crippen LogP contribution in [0.25, 0.3) is 77.2 Å². The maximum absolute atomic E-state index is 12.7. The quantitative estimate of drug-likeness (QED) is 0.104.